The van der Waals surface area contributed by atoms with Crippen molar-refractivity contribution in [1.29, 1.82) is 0 Å². The summed E-state index contributed by atoms with van der Waals surface area (Å²) >= 11 is 0. The normalized spacial score (nSPS) is 16.3. The molecule has 27 heavy (non-hydrogen) atoms. The number of amides is 1. The molecule has 1 aliphatic heterocycles. The first kappa shape index (κ1) is 17.5. The fraction of sp³-hybridized carbons (Fsp3) is 0.421. The van der Waals surface area contributed by atoms with E-state index < -0.39 is 0 Å². The van der Waals surface area contributed by atoms with Crippen molar-refractivity contribution in [2.75, 3.05) is 26.7 Å². The molecular formula is C19H24N6O2. The van der Waals surface area contributed by atoms with Gasteiger partial charge in [-0.15, -0.1) is 0 Å². The van der Waals surface area contributed by atoms with E-state index in [4.69, 9.17) is 4.74 Å². The maximum absolute atomic E-state index is 13.0. The van der Waals surface area contributed by atoms with Crippen LogP contribution in [-0.4, -0.2) is 57.5 Å². The van der Waals surface area contributed by atoms with Crippen molar-refractivity contribution >= 4 is 16.9 Å². The van der Waals surface area contributed by atoms with E-state index in [0.29, 0.717) is 19.5 Å². The van der Waals surface area contributed by atoms with Gasteiger partial charge in [0.2, 0.25) is 5.91 Å². The predicted molar refractivity (Wildman–Crippen MR) is 102 cm³/mol. The Hall–Kier alpha value is -2.87. The first-order valence-corrected chi connectivity index (χ1v) is 9.26. The van der Waals surface area contributed by atoms with E-state index in [1.807, 2.05) is 30.0 Å². The molecule has 0 bridgehead atoms. The Kier molecular flexibility index (Phi) is 4.81. The summed E-state index contributed by atoms with van der Waals surface area (Å²) in [4.78, 5) is 30.3. The maximum Gasteiger partial charge on any atom is 0.246 e. The minimum absolute atomic E-state index is 0.0586. The molecular weight excluding hydrogens is 344 g/mol. The van der Waals surface area contributed by atoms with Crippen molar-refractivity contribution in [2.24, 2.45) is 0 Å². The third-order valence-electron chi connectivity index (χ3n) is 5.05. The second-order valence-corrected chi connectivity index (χ2v) is 6.64. The molecule has 0 saturated carbocycles. The highest BCUT2D eigenvalue weighted by Crippen LogP contribution is 2.22. The van der Waals surface area contributed by atoms with E-state index in [2.05, 4.69) is 25.3 Å². The number of hydrogen-bond acceptors (Lipinski definition) is 5. The molecule has 2 aromatic heterocycles. The number of nitrogens with zero attached hydrogens (tertiary/aromatic N) is 3. The van der Waals surface area contributed by atoms with E-state index in [-0.39, 0.29) is 11.9 Å². The number of carbonyl (C=O) groups is 1. The zero-order valence-corrected chi connectivity index (χ0v) is 15.6. The number of benzene rings is 1. The molecule has 1 aromatic carbocycles. The van der Waals surface area contributed by atoms with Crippen LogP contribution in [0.15, 0.2) is 24.5 Å². The molecule has 3 aromatic rings. The van der Waals surface area contributed by atoms with E-state index >= 15 is 0 Å². The zero-order chi connectivity index (χ0) is 18.8. The maximum atomic E-state index is 13.0. The second-order valence-electron chi connectivity index (χ2n) is 6.64. The quantitative estimate of drug-likeness (QED) is 0.613. The number of nitrogens with one attached hydrogen (secondary N) is 3. The average molecular weight is 368 g/mol. The topological polar surface area (TPSA) is 98.9 Å². The Morgan fingerprint density at radius 3 is 3.11 bits per heavy atom. The molecule has 0 unspecified atom stereocenters. The number of ether oxygens (including phenoxy) is 1. The van der Waals surface area contributed by atoms with Gasteiger partial charge < -0.3 is 24.9 Å². The van der Waals surface area contributed by atoms with Gasteiger partial charge in [-0.1, -0.05) is 0 Å². The van der Waals surface area contributed by atoms with Gasteiger partial charge in [0.1, 0.15) is 17.6 Å². The summed E-state index contributed by atoms with van der Waals surface area (Å²) in [6.07, 6.45) is 3.20. The minimum atomic E-state index is -0.375. The summed E-state index contributed by atoms with van der Waals surface area (Å²) in [7, 11) is 1.65. The van der Waals surface area contributed by atoms with Gasteiger partial charge in [-0.3, -0.25) is 4.79 Å². The predicted octanol–water partition coefficient (Wildman–Crippen LogP) is 1.57. The molecule has 142 valence electrons. The highest BCUT2D eigenvalue weighted by Gasteiger charge is 2.31. The molecule has 1 amide bonds. The Morgan fingerprint density at radius 2 is 2.30 bits per heavy atom. The van der Waals surface area contributed by atoms with Gasteiger partial charge in [-0.25, -0.2) is 9.97 Å². The van der Waals surface area contributed by atoms with E-state index in [0.717, 1.165) is 47.0 Å². The van der Waals surface area contributed by atoms with Crippen molar-refractivity contribution in [1.82, 2.24) is 30.2 Å². The number of hydrogen-bond donors (Lipinski definition) is 3. The number of rotatable bonds is 6. The highest BCUT2D eigenvalue weighted by molar-refractivity contribution is 5.83. The van der Waals surface area contributed by atoms with E-state index in [1.165, 1.54) is 0 Å². The monoisotopic (exact) mass is 368 g/mol. The number of aromatic amines is 2. The molecule has 0 radical (unpaired) electrons. The molecule has 1 atom stereocenters. The molecule has 0 fully saturated rings. The standard InChI is InChI=1S/C19H24N6O2/c1-3-25(19(26)18-17-14(6-8-20-18)21-11-22-17)9-7-16-23-13-5-4-12(27-2)10-15(13)24-16/h4-5,10-11,18,20H,3,6-9H2,1-2H3,(H,21,22)(H,23,24)/t18-/m0/s1. The zero-order valence-electron chi connectivity index (χ0n) is 15.6. The lowest BCUT2D eigenvalue weighted by atomic mass is 10.0. The van der Waals surface area contributed by atoms with E-state index in [1.54, 1.807) is 13.4 Å². The van der Waals surface area contributed by atoms with Crippen molar-refractivity contribution in [3.8, 4) is 5.75 Å². The van der Waals surface area contributed by atoms with Crippen molar-refractivity contribution in [3.05, 3.63) is 41.7 Å². The van der Waals surface area contributed by atoms with Crippen LogP contribution in [0.25, 0.3) is 11.0 Å². The highest BCUT2D eigenvalue weighted by atomic mass is 16.5. The third-order valence-corrected chi connectivity index (χ3v) is 5.05. The minimum Gasteiger partial charge on any atom is -0.497 e. The lowest BCUT2D eigenvalue weighted by Crippen LogP contribution is -2.44. The Labute approximate surface area is 157 Å². The Balaban J connectivity index is 1.46. The molecule has 4 rings (SSSR count). The SMILES string of the molecule is CCN(CCc1nc2ccc(OC)cc2[nH]1)C(=O)[C@H]1NCCc2[nH]cnc21. The lowest BCUT2D eigenvalue weighted by molar-refractivity contribution is -0.133. The number of imidazole rings is 2. The lowest BCUT2D eigenvalue weighted by Gasteiger charge is -2.28. The summed E-state index contributed by atoms with van der Waals surface area (Å²) in [5.41, 5.74) is 3.71. The number of carbonyl (C=O) groups excluding carboxylic acids is 1. The smallest absolute Gasteiger partial charge is 0.246 e. The van der Waals surface area contributed by atoms with Crippen LogP contribution in [0.4, 0.5) is 0 Å². The molecule has 0 saturated heterocycles. The average Bonchev–Trinajstić information content (AvgIpc) is 3.33. The van der Waals surface area contributed by atoms with Crippen molar-refractivity contribution in [2.45, 2.75) is 25.8 Å². The molecule has 1 aliphatic rings. The van der Waals surface area contributed by atoms with Gasteiger partial charge in [-0.2, -0.15) is 0 Å². The van der Waals surface area contributed by atoms with Crippen molar-refractivity contribution < 1.29 is 9.53 Å². The van der Waals surface area contributed by atoms with Crippen LogP contribution in [0.5, 0.6) is 5.75 Å². The summed E-state index contributed by atoms with van der Waals surface area (Å²) in [6, 6.07) is 5.38. The van der Waals surface area contributed by atoms with Crippen LogP contribution in [0, 0.1) is 0 Å². The number of aromatic nitrogens is 4. The Morgan fingerprint density at radius 1 is 1.41 bits per heavy atom. The summed E-state index contributed by atoms with van der Waals surface area (Å²) in [5.74, 6) is 1.71. The first-order valence-electron chi connectivity index (χ1n) is 9.26. The second kappa shape index (κ2) is 7.40. The number of likely N-dealkylation sites (N-methyl/N-ethyl adjacent to an activating group) is 1. The van der Waals surface area contributed by atoms with Crippen LogP contribution in [0.2, 0.25) is 0 Å². The molecule has 3 heterocycles. The van der Waals surface area contributed by atoms with Gasteiger partial charge in [0.15, 0.2) is 0 Å². The van der Waals surface area contributed by atoms with E-state index in [9.17, 15) is 4.79 Å². The first-order chi connectivity index (χ1) is 13.2. The molecule has 3 N–H and O–H groups in total. The van der Waals surface area contributed by atoms with Crippen LogP contribution >= 0.6 is 0 Å². The number of fused-ring (bicyclic) bond motifs is 2. The van der Waals surface area contributed by atoms with Gasteiger partial charge in [0.05, 0.1) is 30.2 Å². The van der Waals surface area contributed by atoms with Gasteiger partial charge >= 0.3 is 0 Å². The van der Waals surface area contributed by atoms with Crippen LogP contribution < -0.4 is 10.1 Å². The Bertz CT molecular complexity index is 947. The van der Waals surface area contributed by atoms with Crippen LogP contribution in [-0.2, 0) is 17.6 Å². The summed E-state index contributed by atoms with van der Waals surface area (Å²) in [5, 5.41) is 3.30. The third kappa shape index (κ3) is 3.40. The molecule has 0 aliphatic carbocycles. The van der Waals surface area contributed by atoms with Crippen LogP contribution in [0.1, 0.15) is 30.2 Å². The molecule has 0 spiro atoms. The van der Waals surface area contributed by atoms with Crippen molar-refractivity contribution in [3.63, 3.8) is 0 Å². The van der Waals surface area contributed by atoms with Gasteiger partial charge in [0, 0.05) is 44.2 Å². The van der Waals surface area contributed by atoms with Gasteiger partial charge in [0.25, 0.3) is 0 Å². The summed E-state index contributed by atoms with van der Waals surface area (Å²) in [6.45, 7) is 4.01. The number of H-pyrrole nitrogens is 2. The number of methoxy groups -OCH3 is 1. The molecule has 8 heteroatoms. The van der Waals surface area contributed by atoms with Gasteiger partial charge in [-0.05, 0) is 19.1 Å². The van der Waals surface area contributed by atoms with Crippen LogP contribution in [0.3, 0.4) is 0 Å². The fourth-order valence-electron chi connectivity index (χ4n) is 3.56. The largest absolute Gasteiger partial charge is 0.497 e. The summed E-state index contributed by atoms with van der Waals surface area (Å²) < 4.78 is 5.25. The fourth-order valence-corrected chi connectivity index (χ4v) is 3.56. The molecule has 8 nitrogen and oxygen atoms in total.